The second-order valence-electron chi connectivity index (χ2n) is 7.52. The van der Waals surface area contributed by atoms with E-state index in [4.69, 9.17) is 4.42 Å². The lowest BCUT2D eigenvalue weighted by Crippen LogP contribution is -3.13. The summed E-state index contributed by atoms with van der Waals surface area (Å²) in [7, 11) is 0. The molecule has 1 aliphatic heterocycles. The van der Waals surface area contributed by atoms with E-state index in [2.05, 4.69) is 49.5 Å². The summed E-state index contributed by atoms with van der Waals surface area (Å²) in [5.74, 6) is 0.157. The van der Waals surface area contributed by atoms with Crippen LogP contribution < -0.4 is 10.2 Å². The third-order valence-electron chi connectivity index (χ3n) is 5.73. The SMILES string of the molecule is Cc1sc(NC(=O)c2ccco2)c(C(c2ccccc2)[NH+]2CCCCC2)c1C. The average Bonchev–Trinajstić information content (AvgIpc) is 3.35. The molecule has 1 saturated heterocycles. The Bertz CT molecular complexity index is 925. The number of nitrogens with one attached hydrogen (secondary N) is 2. The van der Waals surface area contributed by atoms with Crippen LogP contribution in [0.5, 0.6) is 0 Å². The van der Waals surface area contributed by atoms with Gasteiger partial charge in [0.15, 0.2) is 5.76 Å². The Kier molecular flexibility index (Phi) is 5.64. The van der Waals surface area contributed by atoms with Crippen LogP contribution in [0.2, 0.25) is 0 Å². The molecule has 1 fully saturated rings. The number of amides is 1. The standard InChI is InChI=1S/C23H26N2O2S/c1-16-17(2)28-23(24-22(26)19-12-9-15-27-19)20(16)21(18-10-5-3-6-11-18)25-13-7-4-8-14-25/h3,5-6,9-12,15,21H,4,7-8,13-14H2,1-2H3,(H,24,26)/p+1. The smallest absolute Gasteiger partial charge is 0.291 e. The number of quaternary nitrogens is 1. The molecule has 2 N–H and O–H groups in total. The van der Waals surface area contributed by atoms with Crippen molar-refractivity contribution in [2.75, 3.05) is 18.4 Å². The maximum absolute atomic E-state index is 12.7. The lowest BCUT2D eigenvalue weighted by Gasteiger charge is -2.32. The highest BCUT2D eigenvalue weighted by molar-refractivity contribution is 7.16. The van der Waals surface area contributed by atoms with Gasteiger partial charge in [-0.3, -0.25) is 4.79 Å². The van der Waals surface area contributed by atoms with Gasteiger partial charge in [0.05, 0.1) is 24.9 Å². The van der Waals surface area contributed by atoms with Crippen molar-refractivity contribution < 1.29 is 14.1 Å². The van der Waals surface area contributed by atoms with E-state index < -0.39 is 0 Å². The molecule has 1 amide bonds. The topological polar surface area (TPSA) is 46.7 Å². The molecule has 1 aliphatic rings. The van der Waals surface area contributed by atoms with E-state index in [1.807, 2.05) is 0 Å². The van der Waals surface area contributed by atoms with Crippen molar-refractivity contribution in [3.63, 3.8) is 0 Å². The van der Waals surface area contributed by atoms with Crippen LogP contribution in [0.4, 0.5) is 5.00 Å². The maximum Gasteiger partial charge on any atom is 0.291 e. The number of anilines is 1. The second-order valence-corrected chi connectivity index (χ2v) is 8.74. The Morgan fingerprint density at radius 3 is 2.50 bits per heavy atom. The largest absolute Gasteiger partial charge is 0.459 e. The Labute approximate surface area is 170 Å². The van der Waals surface area contributed by atoms with Crippen LogP contribution in [0.15, 0.2) is 53.1 Å². The summed E-state index contributed by atoms with van der Waals surface area (Å²) in [5, 5.41) is 4.08. The van der Waals surface area contributed by atoms with Crippen LogP contribution >= 0.6 is 11.3 Å². The summed E-state index contributed by atoms with van der Waals surface area (Å²) in [4.78, 5) is 15.5. The predicted octanol–water partition coefficient (Wildman–Crippen LogP) is 4.37. The minimum atomic E-state index is -0.187. The maximum atomic E-state index is 12.7. The van der Waals surface area contributed by atoms with Crippen molar-refractivity contribution in [1.82, 2.24) is 0 Å². The summed E-state index contributed by atoms with van der Waals surface area (Å²) < 4.78 is 5.29. The molecule has 0 aliphatic carbocycles. The first-order valence-corrected chi connectivity index (χ1v) is 10.8. The van der Waals surface area contributed by atoms with Gasteiger partial charge in [-0.1, -0.05) is 30.3 Å². The van der Waals surface area contributed by atoms with Gasteiger partial charge in [0.25, 0.3) is 5.91 Å². The first kappa shape index (κ1) is 19.0. The number of furan rings is 1. The Morgan fingerprint density at radius 1 is 1.07 bits per heavy atom. The van der Waals surface area contributed by atoms with Gasteiger partial charge < -0.3 is 14.6 Å². The van der Waals surface area contributed by atoms with Gasteiger partial charge in [0.1, 0.15) is 11.0 Å². The molecular weight excluding hydrogens is 368 g/mol. The number of likely N-dealkylation sites (tertiary alicyclic amines) is 1. The molecule has 5 heteroatoms. The normalized spacial score (nSPS) is 16.1. The quantitative estimate of drug-likeness (QED) is 0.674. The zero-order valence-electron chi connectivity index (χ0n) is 16.5. The highest BCUT2D eigenvalue weighted by atomic mass is 32.1. The average molecular weight is 396 g/mol. The lowest BCUT2D eigenvalue weighted by molar-refractivity contribution is -0.930. The van der Waals surface area contributed by atoms with E-state index in [0.717, 1.165) is 5.00 Å². The van der Waals surface area contributed by atoms with Gasteiger partial charge in [-0.15, -0.1) is 11.3 Å². The molecule has 3 heterocycles. The van der Waals surface area contributed by atoms with E-state index >= 15 is 0 Å². The first-order valence-electron chi connectivity index (χ1n) is 9.99. The summed E-state index contributed by atoms with van der Waals surface area (Å²) >= 11 is 1.67. The second kappa shape index (κ2) is 8.33. The van der Waals surface area contributed by atoms with Gasteiger partial charge in [-0.2, -0.15) is 0 Å². The third-order valence-corrected chi connectivity index (χ3v) is 6.87. The molecule has 1 unspecified atom stereocenters. The van der Waals surface area contributed by atoms with E-state index in [9.17, 15) is 4.79 Å². The number of rotatable bonds is 5. The van der Waals surface area contributed by atoms with Gasteiger partial charge >= 0.3 is 0 Å². The number of piperidine rings is 1. The number of hydrogen-bond donors (Lipinski definition) is 2. The van der Waals surface area contributed by atoms with Gasteiger partial charge in [-0.25, -0.2) is 0 Å². The number of aryl methyl sites for hydroxylation is 1. The Balaban J connectivity index is 1.76. The van der Waals surface area contributed by atoms with E-state index in [0.29, 0.717) is 5.76 Å². The molecule has 0 radical (unpaired) electrons. The summed E-state index contributed by atoms with van der Waals surface area (Å²) in [6.45, 7) is 6.65. The minimum absolute atomic E-state index is 0.187. The molecule has 2 aromatic heterocycles. The van der Waals surface area contributed by atoms with Crippen molar-refractivity contribution in [3.8, 4) is 0 Å². The molecule has 1 atom stereocenters. The Morgan fingerprint density at radius 2 is 1.82 bits per heavy atom. The van der Waals surface area contributed by atoms with Gasteiger partial charge in [0, 0.05) is 10.4 Å². The molecule has 0 saturated carbocycles. The molecule has 0 spiro atoms. The zero-order chi connectivity index (χ0) is 19.5. The lowest BCUT2D eigenvalue weighted by atomic mass is 9.93. The monoisotopic (exact) mass is 395 g/mol. The molecule has 4 nitrogen and oxygen atoms in total. The molecule has 28 heavy (non-hydrogen) atoms. The molecule has 146 valence electrons. The van der Waals surface area contributed by atoms with Crippen LogP contribution in [-0.4, -0.2) is 19.0 Å². The van der Waals surface area contributed by atoms with Crippen molar-refractivity contribution >= 4 is 22.2 Å². The molecule has 0 bridgehead atoms. The van der Waals surface area contributed by atoms with E-state index in [-0.39, 0.29) is 11.9 Å². The number of hydrogen-bond acceptors (Lipinski definition) is 3. The molecule has 1 aromatic carbocycles. The Hall–Kier alpha value is -2.37. The molecular formula is C23H27N2O2S+. The van der Waals surface area contributed by atoms with E-state index in [1.54, 1.807) is 28.4 Å². The first-order chi connectivity index (χ1) is 13.6. The van der Waals surface area contributed by atoms with Crippen molar-refractivity contribution in [2.24, 2.45) is 0 Å². The summed E-state index contributed by atoms with van der Waals surface area (Å²) in [6.07, 6.45) is 5.37. The zero-order valence-corrected chi connectivity index (χ0v) is 17.3. The van der Waals surface area contributed by atoms with Crippen LogP contribution in [0.3, 0.4) is 0 Å². The highest BCUT2D eigenvalue weighted by Gasteiger charge is 2.33. The summed E-state index contributed by atoms with van der Waals surface area (Å²) in [6, 6.07) is 14.4. The van der Waals surface area contributed by atoms with Crippen LogP contribution in [-0.2, 0) is 0 Å². The van der Waals surface area contributed by atoms with Crippen molar-refractivity contribution in [2.45, 2.75) is 39.2 Å². The third kappa shape index (κ3) is 3.77. The highest BCUT2D eigenvalue weighted by Crippen LogP contribution is 2.38. The van der Waals surface area contributed by atoms with Crippen molar-refractivity contribution in [1.29, 1.82) is 0 Å². The fourth-order valence-electron chi connectivity index (χ4n) is 4.20. The van der Waals surface area contributed by atoms with Gasteiger partial charge in [0.2, 0.25) is 0 Å². The minimum Gasteiger partial charge on any atom is -0.459 e. The van der Waals surface area contributed by atoms with E-state index in [1.165, 1.54) is 60.2 Å². The van der Waals surface area contributed by atoms with Gasteiger partial charge in [-0.05, 0) is 50.8 Å². The molecule has 4 rings (SSSR count). The fourth-order valence-corrected chi connectivity index (χ4v) is 5.30. The fraction of sp³-hybridized carbons (Fsp3) is 0.348. The van der Waals surface area contributed by atoms with Crippen LogP contribution in [0.1, 0.15) is 57.4 Å². The predicted molar refractivity (Wildman–Crippen MR) is 113 cm³/mol. The van der Waals surface area contributed by atoms with Crippen LogP contribution in [0.25, 0.3) is 0 Å². The number of benzene rings is 1. The van der Waals surface area contributed by atoms with Crippen molar-refractivity contribution in [3.05, 3.63) is 76.1 Å². The number of carbonyl (C=O) groups excluding carboxylic acids is 1. The molecule has 3 aromatic rings. The van der Waals surface area contributed by atoms with Crippen LogP contribution in [0, 0.1) is 13.8 Å². The summed E-state index contributed by atoms with van der Waals surface area (Å²) in [5.41, 5.74) is 3.85. The number of carbonyl (C=O) groups is 1. The number of thiophene rings is 1.